The van der Waals surface area contributed by atoms with Crippen LogP contribution in [-0.2, 0) is 9.53 Å². The van der Waals surface area contributed by atoms with Gasteiger partial charge in [-0.05, 0) is 72.5 Å². The molecule has 1 heterocycles. The molecule has 0 aromatic rings. The molecule has 0 aromatic carbocycles. The summed E-state index contributed by atoms with van der Waals surface area (Å²) in [6, 6.07) is 0. The largest absolute Gasteiger partial charge is 0.465 e. The van der Waals surface area contributed by atoms with Gasteiger partial charge in [0, 0.05) is 0 Å². The zero-order valence-electron chi connectivity index (χ0n) is 11.6. The smallest absolute Gasteiger partial charge is 0.311 e. The first-order chi connectivity index (χ1) is 8.00. The van der Waals surface area contributed by atoms with Crippen molar-refractivity contribution in [3.8, 4) is 0 Å². The van der Waals surface area contributed by atoms with Crippen LogP contribution < -0.4 is 0 Å². The molecule has 1 rings (SSSR count). The summed E-state index contributed by atoms with van der Waals surface area (Å²) in [6.07, 6.45) is 6.11. The van der Waals surface area contributed by atoms with E-state index in [0.717, 1.165) is 12.8 Å². The van der Waals surface area contributed by atoms with Gasteiger partial charge in [0.05, 0.1) is 12.0 Å². The van der Waals surface area contributed by atoms with E-state index in [1.54, 1.807) is 0 Å². The summed E-state index contributed by atoms with van der Waals surface area (Å²) in [6.45, 7) is 10.0. The second kappa shape index (κ2) is 7.00. The van der Waals surface area contributed by atoms with Crippen LogP contribution in [0.2, 0.25) is 0 Å². The summed E-state index contributed by atoms with van der Waals surface area (Å²) in [5, 5.41) is 0. The quantitative estimate of drug-likeness (QED) is 0.529. The highest BCUT2D eigenvalue weighted by atomic mass is 16.5. The average molecular weight is 241 g/mol. The molecule has 1 aliphatic heterocycles. The molecule has 0 aromatic heterocycles. The van der Waals surface area contributed by atoms with Gasteiger partial charge in [-0.25, -0.2) is 0 Å². The Bertz CT molecular complexity index is 227. The van der Waals surface area contributed by atoms with Crippen molar-refractivity contribution >= 4 is 5.97 Å². The molecular formula is C14H27NO2. The van der Waals surface area contributed by atoms with Gasteiger partial charge >= 0.3 is 5.97 Å². The number of rotatable bonds is 6. The molecule has 0 amide bonds. The van der Waals surface area contributed by atoms with Gasteiger partial charge in [-0.2, -0.15) is 0 Å². The summed E-state index contributed by atoms with van der Waals surface area (Å²) in [5.74, 6) is -0.0861. The predicted octanol–water partition coefficient (Wildman–Crippen LogP) is 2.84. The second-order valence-electron chi connectivity index (χ2n) is 6.00. The third-order valence-corrected chi connectivity index (χ3v) is 3.16. The highest BCUT2D eigenvalue weighted by Gasteiger charge is 2.22. The molecule has 0 N–H and O–H groups in total. The first-order valence-electron chi connectivity index (χ1n) is 6.90. The monoisotopic (exact) mass is 241 g/mol. The second-order valence-corrected chi connectivity index (χ2v) is 6.00. The third-order valence-electron chi connectivity index (χ3n) is 3.16. The van der Waals surface area contributed by atoms with E-state index >= 15 is 0 Å². The van der Waals surface area contributed by atoms with E-state index in [1.807, 2.05) is 20.8 Å². The Morgan fingerprint density at radius 3 is 2.35 bits per heavy atom. The van der Waals surface area contributed by atoms with Gasteiger partial charge in [0.2, 0.25) is 0 Å². The molecule has 1 saturated heterocycles. The van der Waals surface area contributed by atoms with E-state index in [2.05, 4.69) is 4.90 Å². The van der Waals surface area contributed by atoms with Crippen LogP contribution in [0.3, 0.4) is 0 Å². The molecule has 0 saturated carbocycles. The third kappa shape index (κ3) is 6.06. The molecular weight excluding hydrogens is 214 g/mol. The minimum Gasteiger partial charge on any atom is -0.465 e. The van der Waals surface area contributed by atoms with E-state index in [1.165, 1.54) is 38.9 Å². The van der Waals surface area contributed by atoms with Crippen molar-refractivity contribution in [3.05, 3.63) is 0 Å². The molecule has 1 fully saturated rings. The molecule has 3 nitrogen and oxygen atoms in total. The highest BCUT2D eigenvalue weighted by molar-refractivity contribution is 5.75. The number of carbonyl (C=O) groups excluding carboxylic acids is 1. The van der Waals surface area contributed by atoms with Crippen molar-refractivity contribution in [2.45, 2.75) is 52.9 Å². The van der Waals surface area contributed by atoms with Crippen LogP contribution >= 0.6 is 0 Å². The molecule has 0 spiro atoms. The van der Waals surface area contributed by atoms with E-state index in [-0.39, 0.29) is 11.4 Å². The zero-order chi connectivity index (χ0) is 12.7. The number of unbranched alkanes of at least 4 members (excludes halogenated alkanes) is 2. The van der Waals surface area contributed by atoms with Crippen LogP contribution in [-0.4, -0.2) is 37.1 Å². The van der Waals surface area contributed by atoms with Gasteiger partial charge in [0.15, 0.2) is 0 Å². The highest BCUT2D eigenvalue weighted by Crippen LogP contribution is 2.15. The van der Waals surface area contributed by atoms with Gasteiger partial charge in [-0.1, -0.05) is 0 Å². The summed E-state index contributed by atoms with van der Waals surface area (Å²) >= 11 is 0. The Hall–Kier alpha value is -0.570. The zero-order valence-corrected chi connectivity index (χ0v) is 11.6. The lowest BCUT2D eigenvalue weighted by atomic mass is 9.97. The van der Waals surface area contributed by atoms with Crippen LogP contribution in [0.1, 0.15) is 52.9 Å². The number of esters is 1. The topological polar surface area (TPSA) is 29.5 Å². The van der Waals surface area contributed by atoms with Crippen molar-refractivity contribution in [1.82, 2.24) is 4.90 Å². The number of nitrogens with zero attached hydrogens (tertiary/aromatic N) is 1. The SMILES string of the molecule is CC(C)(C)C(=O)OCCCCCN1CCCC1. The van der Waals surface area contributed by atoms with Gasteiger partial charge in [-0.3, -0.25) is 4.79 Å². The first kappa shape index (κ1) is 14.5. The number of ether oxygens (including phenoxy) is 1. The molecule has 0 bridgehead atoms. The number of hydrogen-bond acceptors (Lipinski definition) is 3. The number of likely N-dealkylation sites (tertiary alicyclic amines) is 1. The summed E-state index contributed by atoms with van der Waals surface area (Å²) in [7, 11) is 0. The molecule has 0 atom stereocenters. The van der Waals surface area contributed by atoms with Crippen LogP contribution in [0.15, 0.2) is 0 Å². The van der Waals surface area contributed by atoms with E-state index in [4.69, 9.17) is 4.74 Å². The van der Waals surface area contributed by atoms with Crippen molar-refractivity contribution < 1.29 is 9.53 Å². The normalized spacial score (nSPS) is 17.4. The maximum absolute atomic E-state index is 11.5. The summed E-state index contributed by atoms with van der Waals surface area (Å²) in [4.78, 5) is 14.0. The standard InChI is InChI=1S/C14H27NO2/c1-14(2,3)13(16)17-12-8-4-5-9-15-10-6-7-11-15/h4-12H2,1-3H3. The Kier molecular flexibility index (Phi) is 5.96. The van der Waals surface area contributed by atoms with Gasteiger partial charge in [-0.15, -0.1) is 0 Å². The minimum atomic E-state index is -0.366. The molecule has 3 heteroatoms. The lowest BCUT2D eigenvalue weighted by molar-refractivity contribution is -0.153. The van der Waals surface area contributed by atoms with Gasteiger partial charge in [0.1, 0.15) is 0 Å². The summed E-state index contributed by atoms with van der Waals surface area (Å²) in [5.41, 5.74) is -0.366. The molecule has 100 valence electrons. The van der Waals surface area contributed by atoms with Gasteiger partial charge in [0.25, 0.3) is 0 Å². The fraction of sp³-hybridized carbons (Fsp3) is 0.929. The van der Waals surface area contributed by atoms with Crippen molar-refractivity contribution in [2.75, 3.05) is 26.2 Å². The minimum absolute atomic E-state index is 0.0861. The molecule has 0 radical (unpaired) electrons. The van der Waals surface area contributed by atoms with Crippen LogP contribution in [0.4, 0.5) is 0 Å². The Labute approximate surface area is 106 Å². The van der Waals surface area contributed by atoms with Crippen molar-refractivity contribution in [1.29, 1.82) is 0 Å². The molecule has 1 aliphatic rings. The number of carbonyl (C=O) groups is 1. The Morgan fingerprint density at radius 2 is 1.76 bits per heavy atom. The van der Waals surface area contributed by atoms with Crippen LogP contribution in [0.25, 0.3) is 0 Å². The van der Waals surface area contributed by atoms with Gasteiger partial charge < -0.3 is 9.64 Å². The average Bonchev–Trinajstić information content (AvgIpc) is 2.74. The fourth-order valence-electron chi connectivity index (χ4n) is 2.00. The van der Waals surface area contributed by atoms with Crippen molar-refractivity contribution in [3.63, 3.8) is 0 Å². The first-order valence-corrected chi connectivity index (χ1v) is 6.90. The Morgan fingerprint density at radius 1 is 1.12 bits per heavy atom. The van der Waals surface area contributed by atoms with Crippen molar-refractivity contribution in [2.24, 2.45) is 5.41 Å². The summed E-state index contributed by atoms with van der Waals surface area (Å²) < 4.78 is 5.23. The van der Waals surface area contributed by atoms with E-state index in [9.17, 15) is 4.79 Å². The lowest BCUT2D eigenvalue weighted by Crippen LogP contribution is -2.23. The molecule has 17 heavy (non-hydrogen) atoms. The maximum atomic E-state index is 11.5. The lowest BCUT2D eigenvalue weighted by Gasteiger charge is -2.17. The predicted molar refractivity (Wildman–Crippen MR) is 69.9 cm³/mol. The number of hydrogen-bond donors (Lipinski definition) is 0. The van der Waals surface area contributed by atoms with Crippen LogP contribution in [0.5, 0.6) is 0 Å². The molecule has 0 aliphatic carbocycles. The van der Waals surface area contributed by atoms with Crippen LogP contribution in [0, 0.1) is 5.41 Å². The fourth-order valence-corrected chi connectivity index (χ4v) is 2.00. The van der Waals surface area contributed by atoms with E-state index in [0.29, 0.717) is 6.61 Å². The Balaban J connectivity index is 1.92. The van der Waals surface area contributed by atoms with E-state index < -0.39 is 0 Å². The maximum Gasteiger partial charge on any atom is 0.311 e. The molecule has 0 unspecified atom stereocenters.